The van der Waals surface area contributed by atoms with Gasteiger partial charge in [0.1, 0.15) is 11.5 Å². The molecule has 2 rings (SSSR count). The number of carbonyl (C=O) groups is 1. The van der Waals surface area contributed by atoms with Crippen molar-refractivity contribution in [1.82, 2.24) is 0 Å². The molecule has 0 atom stereocenters. The zero-order valence-corrected chi connectivity index (χ0v) is 23.3. The lowest BCUT2D eigenvalue weighted by Crippen LogP contribution is -2.05. The Morgan fingerprint density at radius 1 is 0.971 bits per heavy atom. The van der Waals surface area contributed by atoms with E-state index in [9.17, 15) is 4.79 Å². The Morgan fingerprint density at radius 3 is 1.71 bits per heavy atom. The number of allylic oxidation sites excluding steroid dienone is 3. The second-order valence-electron chi connectivity index (χ2n) is 7.21. The normalized spacial score (nSPS) is 9.85. The summed E-state index contributed by atoms with van der Waals surface area (Å²) in [4.78, 5) is 13.6. The number of aryl methyl sites for hydroxylation is 1. The standard InChI is InChI=1S/C10H16N2.C7H7ClO.C7H8.C3H6O.C2H6/c1-6-10(8(4)11)9(5)12-7(2)3;1-5-6(8)3-2-4-7(5)9;1-7-5-3-2-4-6-7;1-3(2)4;1-2/h6,11H,2H2,1,3-5H3;2-4,9H,1H3;2-6H,1H3;1-2H3;1-2H3/b10-6-,11-8?,12-9?;;;;. The molecule has 0 aliphatic heterocycles. The van der Waals surface area contributed by atoms with Gasteiger partial charge in [0.05, 0.1) is 0 Å². The Morgan fingerprint density at radius 2 is 1.44 bits per heavy atom. The molecule has 188 valence electrons. The highest BCUT2D eigenvalue weighted by molar-refractivity contribution is 6.31. The van der Waals surface area contributed by atoms with Crippen LogP contribution in [0.5, 0.6) is 5.75 Å². The molecule has 0 fully saturated rings. The smallest absolute Gasteiger partial charge is 0.126 e. The Balaban J connectivity index is -0.000000388. The van der Waals surface area contributed by atoms with Crippen LogP contribution in [0.25, 0.3) is 0 Å². The molecule has 4 nitrogen and oxygen atoms in total. The molecular weight excluding hydrogens is 444 g/mol. The molecule has 0 spiro atoms. The van der Waals surface area contributed by atoms with Gasteiger partial charge in [-0.1, -0.05) is 80.1 Å². The van der Waals surface area contributed by atoms with Gasteiger partial charge >= 0.3 is 0 Å². The van der Waals surface area contributed by atoms with Crippen LogP contribution in [0.4, 0.5) is 0 Å². The van der Waals surface area contributed by atoms with E-state index in [1.165, 1.54) is 19.4 Å². The van der Waals surface area contributed by atoms with Crippen molar-refractivity contribution >= 4 is 28.8 Å². The molecule has 0 aromatic heterocycles. The molecule has 0 aliphatic rings. The fraction of sp³-hybridized carbons (Fsp3) is 0.345. The lowest BCUT2D eigenvalue weighted by molar-refractivity contribution is -0.114. The maximum absolute atomic E-state index is 9.44. The van der Waals surface area contributed by atoms with Gasteiger partial charge in [0.25, 0.3) is 0 Å². The first-order valence-corrected chi connectivity index (χ1v) is 11.6. The number of benzene rings is 2. The van der Waals surface area contributed by atoms with Crippen LogP contribution in [0.15, 0.2) is 77.4 Å². The Bertz CT molecular complexity index is 906. The van der Waals surface area contributed by atoms with Gasteiger partial charge in [0.15, 0.2) is 0 Å². The number of nitrogens with zero attached hydrogens (tertiary/aromatic N) is 1. The van der Waals surface area contributed by atoms with Gasteiger partial charge in [-0.25, -0.2) is 0 Å². The number of hydrogen-bond acceptors (Lipinski definition) is 4. The Labute approximate surface area is 212 Å². The van der Waals surface area contributed by atoms with Crippen LogP contribution in [0, 0.1) is 19.3 Å². The van der Waals surface area contributed by atoms with Crippen molar-refractivity contribution < 1.29 is 9.90 Å². The third-order valence-corrected chi connectivity index (χ3v) is 4.03. The number of aromatic hydroxyl groups is 1. The van der Waals surface area contributed by atoms with E-state index in [0.29, 0.717) is 10.7 Å². The number of hydrogen-bond donors (Lipinski definition) is 2. The summed E-state index contributed by atoms with van der Waals surface area (Å²) < 4.78 is 0. The lowest BCUT2D eigenvalue weighted by Gasteiger charge is -2.03. The van der Waals surface area contributed by atoms with E-state index in [-0.39, 0.29) is 11.5 Å². The first kappa shape index (κ1) is 35.6. The molecule has 0 radical (unpaired) electrons. The number of phenols is 1. The maximum atomic E-state index is 9.44. The molecule has 2 N–H and O–H groups in total. The van der Waals surface area contributed by atoms with Crippen LogP contribution < -0.4 is 0 Å². The molecule has 0 saturated carbocycles. The van der Waals surface area contributed by atoms with Crippen molar-refractivity contribution in [1.29, 1.82) is 5.41 Å². The summed E-state index contributed by atoms with van der Waals surface area (Å²) in [6, 6.07) is 15.3. The van der Waals surface area contributed by atoms with E-state index < -0.39 is 0 Å². The van der Waals surface area contributed by atoms with Crippen LogP contribution in [0.1, 0.15) is 66.5 Å². The number of Topliss-reactive ketones (excluding diaryl/α,β-unsaturated/α-hetero) is 1. The molecule has 0 saturated heterocycles. The molecular formula is C29H43ClN2O2. The van der Waals surface area contributed by atoms with E-state index in [1.807, 2.05) is 58.9 Å². The molecule has 2 aromatic carbocycles. The number of aliphatic imine (C=N–C) groups is 1. The predicted molar refractivity (Wildman–Crippen MR) is 152 cm³/mol. The largest absolute Gasteiger partial charge is 0.508 e. The predicted octanol–water partition coefficient (Wildman–Crippen LogP) is 8.94. The topological polar surface area (TPSA) is 73.5 Å². The molecule has 0 amide bonds. The minimum absolute atomic E-state index is 0.167. The van der Waals surface area contributed by atoms with Gasteiger partial charge in [-0.2, -0.15) is 0 Å². The highest BCUT2D eigenvalue weighted by atomic mass is 35.5. The van der Waals surface area contributed by atoms with Crippen molar-refractivity contribution in [3.63, 3.8) is 0 Å². The number of halogens is 1. The fourth-order valence-corrected chi connectivity index (χ4v) is 2.34. The molecule has 0 unspecified atom stereocenters. The first-order chi connectivity index (χ1) is 15.8. The summed E-state index contributed by atoms with van der Waals surface area (Å²) in [6.45, 7) is 22.0. The third kappa shape index (κ3) is 20.9. The van der Waals surface area contributed by atoms with E-state index in [1.54, 1.807) is 32.0 Å². The monoisotopic (exact) mass is 486 g/mol. The SMILES string of the molecule is C=C(C)N=C(C)/C(=C\C)C(C)=N.CC.CC(C)=O.Cc1c(O)cccc1Cl.Cc1ccccc1. The molecule has 0 bridgehead atoms. The van der Waals surface area contributed by atoms with Crippen molar-refractivity contribution in [3.8, 4) is 5.75 Å². The molecule has 5 heteroatoms. The summed E-state index contributed by atoms with van der Waals surface area (Å²) in [7, 11) is 0. The van der Waals surface area contributed by atoms with Crippen molar-refractivity contribution in [2.24, 2.45) is 4.99 Å². The minimum atomic E-state index is 0.167. The van der Waals surface area contributed by atoms with Gasteiger partial charge in [-0.05, 0) is 67.5 Å². The summed E-state index contributed by atoms with van der Waals surface area (Å²) in [5.74, 6) is 0.419. The van der Waals surface area contributed by atoms with Crippen molar-refractivity contribution in [2.45, 2.75) is 69.2 Å². The fourth-order valence-electron chi connectivity index (χ4n) is 2.17. The summed E-state index contributed by atoms with van der Waals surface area (Å²) in [5.41, 5.74) is 5.12. The van der Waals surface area contributed by atoms with E-state index in [2.05, 4.69) is 30.6 Å². The Kier molecular flexibility index (Phi) is 22.9. The highest BCUT2D eigenvalue weighted by Crippen LogP contribution is 2.22. The minimum Gasteiger partial charge on any atom is -0.508 e. The van der Waals surface area contributed by atoms with E-state index in [4.69, 9.17) is 22.1 Å². The van der Waals surface area contributed by atoms with Crippen LogP contribution in [0.2, 0.25) is 5.02 Å². The van der Waals surface area contributed by atoms with E-state index in [0.717, 1.165) is 22.5 Å². The average Bonchev–Trinajstić information content (AvgIpc) is 2.74. The number of ketones is 1. The molecule has 0 heterocycles. The maximum Gasteiger partial charge on any atom is 0.126 e. The third-order valence-electron chi connectivity index (χ3n) is 3.62. The average molecular weight is 487 g/mol. The second-order valence-corrected chi connectivity index (χ2v) is 7.61. The zero-order chi connectivity index (χ0) is 27.3. The summed E-state index contributed by atoms with van der Waals surface area (Å²) in [6.07, 6.45) is 1.89. The first-order valence-electron chi connectivity index (χ1n) is 11.2. The van der Waals surface area contributed by atoms with Gasteiger partial charge < -0.3 is 15.3 Å². The number of phenolic OH excluding ortho intramolecular Hbond substituents is 1. The number of rotatable bonds is 3. The molecule has 0 aliphatic carbocycles. The van der Waals surface area contributed by atoms with E-state index >= 15 is 0 Å². The summed E-state index contributed by atoms with van der Waals surface area (Å²) in [5, 5.41) is 17.1. The van der Waals surface area contributed by atoms with Crippen molar-refractivity contribution in [3.05, 3.63) is 88.6 Å². The Hall–Kier alpha value is -2.98. The molecule has 34 heavy (non-hydrogen) atoms. The van der Waals surface area contributed by atoms with Gasteiger partial charge in [-0.3, -0.25) is 4.99 Å². The second kappa shape index (κ2) is 21.8. The zero-order valence-electron chi connectivity index (χ0n) is 22.6. The van der Waals surface area contributed by atoms with Gasteiger partial charge in [-0.15, -0.1) is 0 Å². The number of nitrogens with one attached hydrogen (secondary N) is 1. The van der Waals surface area contributed by atoms with Crippen molar-refractivity contribution in [2.75, 3.05) is 0 Å². The number of carbonyl (C=O) groups excluding carboxylic acids is 1. The molecule has 2 aromatic rings. The lowest BCUT2D eigenvalue weighted by atomic mass is 10.1. The van der Waals surface area contributed by atoms with Crippen LogP contribution >= 0.6 is 11.6 Å². The van der Waals surface area contributed by atoms with Crippen LogP contribution in [-0.4, -0.2) is 22.3 Å². The highest BCUT2D eigenvalue weighted by Gasteiger charge is 2.01. The quantitative estimate of drug-likeness (QED) is 0.425. The van der Waals surface area contributed by atoms with Crippen LogP contribution in [-0.2, 0) is 4.79 Å². The van der Waals surface area contributed by atoms with Crippen LogP contribution in [0.3, 0.4) is 0 Å². The van der Waals surface area contributed by atoms with Gasteiger partial charge in [0.2, 0.25) is 0 Å². The van der Waals surface area contributed by atoms with Gasteiger partial charge in [0, 0.05) is 33.3 Å². The summed E-state index contributed by atoms with van der Waals surface area (Å²) >= 11 is 5.65.